The van der Waals surface area contributed by atoms with Gasteiger partial charge in [0, 0.05) is 10.2 Å². The fourth-order valence-corrected chi connectivity index (χ4v) is 2.39. The minimum atomic E-state index is 0.833. The summed E-state index contributed by atoms with van der Waals surface area (Å²) < 4.78 is 1.08. The number of nitrogens with one attached hydrogen (secondary N) is 2. The molecule has 1 aliphatic rings. The van der Waals surface area contributed by atoms with E-state index in [-0.39, 0.29) is 0 Å². The van der Waals surface area contributed by atoms with Crippen molar-refractivity contribution < 1.29 is 4.90 Å². The van der Waals surface area contributed by atoms with Crippen molar-refractivity contribution in [2.75, 3.05) is 38.5 Å². The van der Waals surface area contributed by atoms with Gasteiger partial charge in [0.15, 0.2) is 5.11 Å². The third-order valence-corrected chi connectivity index (χ3v) is 3.89. The van der Waals surface area contributed by atoms with Gasteiger partial charge in [0.25, 0.3) is 0 Å². The van der Waals surface area contributed by atoms with E-state index < -0.39 is 0 Å². The summed E-state index contributed by atoms with van der Waals surface area (Å²) >= 11 is 8.84. The number of likely N-dealkylation sites (N-methyl/N-ethyl adjacent to an activating group) is 1. The summed E-state index contributed by atoms with van der Waals surface area (Å²) in [6, 6.07) is 8.08. The molecule has 92 valence electrons. The highest BCUT2D eigenvalue weighted by Crippen LogP contribution is 2.14. The lowest BCUT2D eigenvalue weighted by atomic mass is 10.3. The Hall–Kier alpha value is -0.650. The molecule has 2 rings (SSSR count). The predicted molar refractivity (Wildman–Crippen MR) is 78.6 cm³/mol. The minimum Gasteiger partial charge on any atom is -0.338 e. The summed E-state index contributed by atoms with van der Waals surface area (Å²) in [5.41, 5.74) is 1.05. The van der Waals surface area contributed by atoms with Crippen molar-refractivity contribution >= 4 is 38.9 Å². The normalized spacial score (nSPS) is 16.9. The Morgan fingerprint density at radius 2 is 1.88 bits per heavy atom. The van der Waals surface area contributed by atoms with Gasteiger partial charge in [-0.3, -0.25) is 0 Å². The van der Waals surface area contributed by atoms with E-state index in [0.717, 1.165) is 41.5 Å². The van der Waals surface area contributed by atoms with Gasteiger partial charge in [-0.25, -0.2) is 0 Å². The Kier molecular flexibility index (Phi) is 4.36. The van der Waals surface area contributed by atoms with E-state index in [1.807, 2.05) is 24.3 Å². The molecule has 1 heterocycles. The first-order chi connectivity index (χ1) is 8.15. The van der Waals surface area contributed by atoms with Crippen LogP contribution >= 0.6 is 28.1 Å². The lowest BCUT2D eigenvalue weighted by Crippen LogP contribution is -3.12. The van der Waals surface area contributed by atoms with Crippen LogP contribution in [0.25, 0.3) is 0 Å². The molecule has 1 fully saturated rings. The zero-order chi connectivity index (χ0) is 12.3. The average molecular weight is 315 g/mol. The molecule has 0 atom stereocenters. The highest BCUT2D eigenvalue weighted by molar-refractivity contribution is 9.10. The molecule has 3 nitrogen and oxygen atoms in total. The smallest absolute Gasteiger partial charge is 0.173 e. The van der Waals surface area contributed by atoms with Gasteiger partial charge in [0.2, 0.25) is 0 Å². The summed E-state index contributed by atoms with van der Waals surface area (Å²) in [6.45, 7) is 4.38. The maximum atomic E-state index is 5.42. The first kappa shape index (κ1) is 12.8. The fourth-order valence-electron chi connectivity index (χ4n) is 1.83. The van der Waals surface area contributed by atoms with Gasteiger partial charge in [-0.1, -0.05) is 15.9 Å². The summed E-state index contributed by atoms with van der Waals surface area (Å²) in [4.78, 5) is 3.82. The second-order valence-corrected chi connectivity index (χ2v) is 5.68. The Bertz CT molecular complexity index is 385. The minimum absolute atomic E-state index is 0.833. The number of nitrogens with zero attached hydrogens (tertiary/aromatic N) is 1. The third kappa shape index (κ3) is 3.66. The lowest BCUT2D eigenvalue weighted by molar-refractivity contribution is -0.883. The maximum absolute atomic E-state index is 5.42. The van der Waals surface area contributed by atoms with Crippen molar-refractivity contribution in [1.29, 1.82) is 0 Å². The van der Waals surface area contributed by atoms with Crippen molar-refractivity contribution in [3.63, 3.8) is 0 Å². The zero-order valence-electron chi connectivity index (χ0n) is 9.87. The first-order valence-electron chi connectivity index (χ1n) is 5.78. The van der Waals surface area contributed by atoms with Crippen LogP contribution in [0.4, 0.5) is 5.69 Å². The first-order valence-corrected chi connectivity index (χ1v) is 6.98. The molecule has 0 aliphatic carbocycles. The van der Waals surface area contributed by atoms with Crippen molar-refractivity contribution in [2.45, 2.75) is 0 Å². The Balaban J connectivity index is 1.90. The average Bonchev–Trinajstić information content (AvgIpc) is 2.33. The summed E-state index contributed by atoms with van der Waals surface area (Å²) in [6.07, 6.45) is 0. The largest absolute Gasteiger partial charge is 0.338 e. The number of halogens is 1. The highest BCUT2D eigenvalue weighted by Gasteiger charge is 2.18. The molecule has 0 spiro atoms. The molecule has 0 bridgehead atoms. The molecule has 5 heteroatoms. The Labute approximate surface area is 116 Å². The number of hydrogen-bond acceptors (Lipinski definition) is 1. The zero-order valence-corrected chi connectivity index (χ0v) is 12.3. The van der Waals surface area contributed by atoms with E-state index in [0.29, 0.717) is 0 Å². The molecule has 0 radical (unpaired) electrons. The second-order valence-electron chi connectivity index (χ2n) is 4.38. The van der Waals surface area contributed by atoms with Gasteiger partial charge in [-0.05, 0) is 36.5 Å². The molecule has 2 N–H and O–H groups in total. The van der Waals surface area contributed by atoms with Gasteiger partial charge in [0.1, 0.15) is 0 Å². The van der Waals surface area contributed by atoms with E-state index in [2.05, 4.69) is 33.2 Å². The number of quaternary nitrogens is 1. The molecule has 0 saturated carbocycles. The topological polar surface area (TPSA) is 19.7 Å². The molecule has 1 aromatic carbocycles. The molecule has 1 aromatic rings. The molecular weight excluding hydrogens is 298 g/mol. The monoisotopic (exact) mass is 314 g/mol. The van der Waals surface area contributed by atoms with E-state index in [4.69, 9.17) is 12.2 Å². The SMILES string of the molecule is C[NH+]1CCN(C(=S)Nc2ccc(Br)cc2)CC1. The van der Waals surface area contributed by atoms with Crippen LogP contribution in [0.3, 0.4) is 0 Å². The van der Waals surface area contributed by atoms with E-state index in [9.17, 15) is 0 Å². The summed E-state index contributed by atoms with van der Waals surface area (Å²) in [5, 5.41) is 4.11. The lowest BCUT2D eigenvalue weighted by Gasteiger charge is -2.32. The van der Waals surface area contributed by atoms with Crippen LogP contribution in [0, 0.1) is 0 Å². The summed E-state index contributed by atoms with van der Waals surface area (Å²) in [5.74, 6) is 0. The Morgan fingerprint density at radius 1 is 1.29 bits per heavy atom. The molecule has 0 unspecified atom stereocenters. The third-order valence-electron chi connectivity index (χ3n) is 3.00. The molecular formula is C12H17BrN3S+. The van der Waals surface area contributed by atoms with Crippen molar-refractivity contribution in [2.24, 2.45) is 0 Å². The van der Waals surface area contributed by atoms with Crippen LogP contribution in [-0.4, -0.2) is 43.2 Å². The van der Waals surface area contributed by atoms with Crippen molar-refractivity contribution in [3.8, 4) is 0 Å². The molecule has 17 heavy (non-hydrogen) atoms. The van der Waals surface area contributed by atoms with Crippen LogP contribution in [0.15, 0.2) is 28.7 Å². The van der Waals surface area contributed by atoms with Gasteiger partial charge in [-0.2, -0.15) is 0 Å². The van der Waals surface area contributed by atoms with Crippen LogP contribution in [-0.2, 0) is 0 Å². The fraction of sp³-hybridized carbons (Fsp3) is 0.417. The van der Waals surface area contributed by atoms with Crippen LogP contribution in [0.2, 0.25) is 0 Å². The molecule has 1 aliphatic heterocycles. The van der Waals surface area contributed by atoms with Crippen LogP contribution < -0.4 is 10.2 Å². The number of hydrogen-bond donors (Lipinski definition) is 2. The number of piperazine rings is 1. The van der Waals surface area contributed by atoms with E-state index >= 15 is 0 Å². The second kappa shape index (κ2) is 5.80. The number of anilines is 1. The van der Waals surface area contributed by atoms with Crippen molar-refractivity contribution in [3.05, 3.63) is 28.7 Å². The van der Waals surface area contributed by atoms with Crippen LogP contribution in [0.5, 0.6) is 0 Å². The van der Waals surface area contributed by atoms with Gasteiger partial charge in [-0.15, -0.1) is 0 Å². The van der Waals surface area contributed by atoms with Crippen molar-refractivity contribution in [1.82, 2.24) is 4.90 Å². The quantitative estimate of drug-likeness (QED) is 0.754. The molecule has 0 aromatic heterocycles. The number of thiocarbonyl (C=S) groups is 1. The van der Waals surface area contributed by atoms with Gasteiger partial charge < -0.3 is 15.1 Å². The van der Waals surface area contributed by atoms with E-state index in [1.54, 1.807) is 4.90 Å². The highest BCUT2D eigenvalue weighted by atomic mass is 79.9. The van der Waals surface area contributed by atoms with Gasteiger partial charge >= 0.3 is 0 Å². The predicted octanol–water partition coefficient (Wildman–Crippen LogP) is 0.976. The van der Waals surface area contributed by atoms with Gasteiger partial charge in [0.05, 0.1) is 33.2 Å². The standard InChI is InChI=1S/C12H16BrN3S/c1-15-6-8-16(9-7-15)12(17)14-11-4-2-10(13)3-5-11/h2-5H,6-9H2,1H3,(H,14,17)/p+1. The molecule has 1 saturated heterocycles. The van der Waals surface area contributed by atoms with Crippen LogP contribution in [0.1, 0.15) is 0 Å². The summed E-state index contributed by atoms with van der Waals surface area (Å²) in [7, 11) is 2.22. The Morgan fingerprint density at radius 3 is 2.47 bits per heavy atom. The molecule has 0 amide bonds. The number of rotatable bonds is 1. The maximum Gasteiger partial charge on any atom is 0.173 e. The number of benzene rings is 1. The van der Waals surface area contributed by atoms with E-state index in [1.165, 1.54) is 0 Å².